The number of rotatable bonds is 3. The van der Waals surface area contributed by atoms with Crippen molar-refractivity contribution in [2.45, 2.75) is 24.3 Å². The fourth-order valence-electron chi connectivity index (χ4n) is 2.04. The summed E-state index contributed by atoms with van der Waals surface area (Å²) in [5, 5.41) is 0. The van der Waals surface area contributed by atoms with Gasteiger partial charge in [-0.1, -0.05) is 15.9 Å². The summed E-state index contributed by atoms with van der Waals surface area (Å²) in [6, 6.07) is 5.10. The largest absolute Gasteiger partial charge is 0.380 e. The SMILES string of the molecule is COC1CCN(S(=O)(=O)c2ccc(Br)c(C)c2)C1. The summed E-state index contributed by atoms with van der Waals surface area (Å²) in [6.45, 7) is 2.84. The number of sulfonamides is 1. The monoisotopic (exact) mass is 333 g/mol. The van der Waals surface area contributed by atoms with Crippen LogP contribution < -0.4 is 0 Å². The van der Waals surface area contributed by atoms with Gasteiger partial charge in [-0.05, 0) is 37.1 Å². The molecule has 1 atom stereocenters. The van der Waals surface area contributed by atoms with Gasteiger partial charge in [0.15, 0.2) is 0 Å². The van der Waals surface area contributed by atoms with Crippen molar-refractivity contribution in [1.29, 1.82) is 0 Å². The predicted molar refractivity (Wildman–Crippen MR) is 73.1 cm³/mol. The summed E-state index contributed by atoms with van der Waals surface area (Å²) in [4.78, 5) is 0.347. The Bertz CT molecular complexity index is 544. The minimum absolute atomic E-state index is 0.0105. The first-order valence-electron chi connectivity index (χ1n) is 5.74. The van der Waals surface area contributed by atoms with Gasteiger partial charge in [-0.3, -0.25) is 0 Å². The van der Waals surface area contributed by atoms with Crippen LogP contribution in [0.2, 0.25) is 0 Å². The third kappa shape index (κ3) is 2.61. The number of hydrogen-bond donors (Lipinski definition) is 0. The van der Waals surface area contributed by atoms with Crippen LogP contribution in [0.25, 0.3) is 0 Å². The van der Waals surface area contributed by atoms with Gasteiger partial charge >= 0.3 is 0 Å². The van der Waals surface area contributed by atoms with Crippen LogP contribution in [0.3, 0.4) is 0 Å². The van der Waals surface area contributed by atoms with E-state index < -0.39 is 10.0 Å². The van der Waals surface area contributed by atoms with E-state index in [4.69, 9.17) is 4.74 Å². The molecule has 1 unspecified atom stereocenters. The van der Waals surface area contributed by atoms with Crippen LogP contribution in [-0.2, 0) is 14.8 Å². The Morgan fingerprint density at radius 2 is 2.17 bits per heavy atom. The van der Waals surface area contributed by atoms with Gasteiger partial charge < -0.3 is 4.74 Å². The molecule has 1 saturated heterocycles. The van der Waals surface area contributed by atoms with Crippen molar-refractivity contribution in [3.8, 4) is 0 Å². The highest BCUT2D eigenvalue weighted by molar-refractivity contribution is 9.10. The first-order valence-corrected chi connectivity index (χ1v) is 7.97. The molecular weight excluding hydrogens is 318 g/mol. The van der Waals surface area contributed by atoms with Crippen LogP contribution >= 0.6 is 15.9 Å². The van der Waals surface area contributed by atoms with E-state index in [1.165, 1.54) is 4.31 Å². The topological polar surface area (TPSA) is 46.6 Å². The number of ether oxygens (including phenoxy) is 1. The molecule has 0 saturated carbocycles. The van der Waals surface area contributed by atoms with E-state index in [1.54, 1.807) is 25.3 Å². The highest BCUT2D eigenvalue weighted by atomic mass is 79.9. The summed E-state index contributed by atoms with van der Waals surface area (Å²) < 4.78 is 32.4. The second kappa shape index (κ2) is 5.28. The Morgan fingerprint density at radius 1 is 1.44 bits per heavy atom. The lowest BCUT2D eigenvalue weighted by Crippen LogP contribution is -2.30. The molecule has 100 valence electrons. The van der Waals surface area contributed by atoms with E-state index in [2.05, 4.69) is 15.9 Å². The fourth-order valence-corrected chi connectivity index (χ4v) is 3.85. The minimum Gasteiger partial charge on any atom is -0.380 e. The molecular formula is C12H16BrNO3S. The molecule has 0 radical (unpaired) electrons. The predicted octanol–water partition coefficient (Wildman–Crippen LogP) is 2.17. The standard InChI is InChI=1S/C12H16BrNO3S/c1-9-7-11(3-4-12(9)13)18(15,16)14-6-5-10(8-14)17-2/h3-4,7,10H,5-6,8H2,1-2H3. The minimum atomic E-state index is -3.39. The molecule has 1 heterocycles. The van der Waals surface area contributed by atoms with Gasteiger partial charge in [-0.25, -0.2) is 8.42 Å². The second-order valence-electron chi connectivity index (χ2n) is 4.42. The number of methoxy groups -OCH3 is 1. The molecule has 18 heavy (non-hydrogen) atoms. The van der Waals surface area contributed by atoms with Gasteiger partial charge in [-0.15, -0.1) is 0 Å². The average Bonchev–Trinajstić information content (AvgIpc) is 2.81. The van der Waals surface area contributed by atoms with Gasteiger partial charge in [0, 0.05) is 24.7 Å². The molecule has 4 nitrogen and oxygen atoms in total. The second-order valence-corrected chi connectivity index (χ2v) is 7.21. The third-order valence-electron chi connectivity index (χ3n) is 3.21. The number of aryl methyl sites for hydroxylation is 1. The fraction of sp³-hybridized carbons (Fsp3) is 0.500. The molecule has 6 heteroatoms. The van der Waals surface area contributed by atoms with Crippen molar-refractivity contribution in [2.75, 3.05) is 20.2 Å². The van der Waals surface area contributed by atoms with E-state index in [1.807, 2.05) is 6.92 Å². The van der Waals surface area contributed by atoms with E-state index >= 15 is 0 Å². The highest BCUT2D eigenvalue weighted by Gasteiger charge is 2.32. The third-order valence-corrected chi connectivity index (χ3v) is 5.96. The maximum absolute atomic E-state index is 12.4. The van der Waals surface area contributed by atoms with Crippen LogP contribution in [-0.4, -0.2) is 39.0 Å². The van der Waals surface area contributed by atoms with Gasteiger partial charge in [-0.2, -0.15) is 4.31 Å². The van der Waals surface area contributed by atoms with Gasteiger partial charge in [0.05, 0.1) is 11.0 Å². The lowest BCUT2D eigenvalue weighted by Gasteiger charge is -2.16. The maximum Gasteiger partial charge on any atom is 0.243 e. The van der Waals surface area contributed by atoms with Gasteiger partial charge in [0.1, 0.15) is 0 Å². The van der Waals surface area contributed by atoms with Crippen molar-refractivity contribution in [3.63, 3.8) is 0 Å². The van der Waals surface area contributed by atoms with E-state index in [-0.39, 0.29) is 6.10 Å². The highest BCUT2D eigenvalue weighted by Crippen LogP contribution is 2.25. The molecule has 0 bridgehead atoms. The number of benzene rings is 1. The molecule has 1 aliphatic heterocycles. The van der Waals surface area contributed by atoms with Crippen LogP contribution in [0.15, 0.2) is 27.6 Å². The Morgan fingerprint density at radius 3 is 2.72 bits per heavy atom. The van der Waals surface area contributed by atoms with Crippen LogP contribution in [0, 0.1) is 6.92 Å². The zero-order valence-electron chi connectivity index (χ0n) is 10.4. The number of nitrogens with zero attached hydrogens (tertiary/aromatic N) is 1. The Labute approximate surface area is 116 Å². The number of hydrogen-bond acceptors (Lipinski definition) is 3. The summed E-state index contributed by atoms with van der Waals surface area (Å²) in [6.07, 6.45) is 0.766. The molecule has 0 N–H and O–H groups in total. The maximum atomic E-state index is 12.4. The average molecular weight is 334 g/mol. The lowest BCUT2D eigenvalue weighted by molar-refractivity contribution is 0.115. The van der Waals surface area contributed by atoms with Gasteiger partial charge in [0.2, 0.25) is 10.0 Å². The number of halogens is 1. The molecule has 0 aromatic heterocycles. The molecule has 1 aliphatic rings. The van der Waals surface area contributed by atoms with E-state index in [0.29, 0.717) is 18.0 Å². The molecule has 2 rings (SSSR count). The Kier molecular flexibility index (Phi) is 4.11. The van der Waals surface area contributed by atoms with Crippen molar-refractivity contribution < 1.29 is 13.2 Å². The summed E-state index contributed by atoms with van der Waals surface area (Å²) >= 11 is 3.37. The lowest BCUT2D eigenvalue weighted by atomic mass is 10.2. The molecule has 1 fully saturated rings. The van der Waals surface area contributed by atoms with Crippen LogP contribution in [0.1, 0.15) is 12.0 Å². The quantitative estimate of drug-likeness (QED) is 0.851. The molecule has 0 aliphatic carbocycles. The van der Waals surface area contributed by atoms with Crippen molar-refractivity contribution >= 4 is 26.0 Å². The van der Waals surface area contributed by atoms with Crippen molar-refractivity contribution in [2.24, 2.45) is 0 Å². The Hall–Kier alpha value is -0.430. The zero-order valence-corrected chi connectivity index (χ0v) is 12.8. The van der Waals surface area contributed by atoms with E-state index in [9.17, 15) is 8.42 Å². The van der Waals surface area contributed by atoms with Crippen molar-refractivity contribution in [3.05, 3.63) is 28.2 Å². The Balaban J connectivity index is 2.28. The normalized spacial score (nSPS) is 21.4. The smallest absolute Gasteiger partial charge is 0.243 e. The first-order chi connectivity index (χ1) is 8.45. The van der Waals surface area contributed by atoms with Gasteiger partial charge in [0.25, 0.3) is 0 Å². The molecule has 1 aromatic rings. The molecule has 1 aromatic carbocycles. The first kappa shape index (κ1) is 14.0. The van der Waals surface area contributed by atoms with Crippen molar-refractivity contribution in [1.82, 2.24) is 4.31 Å². The van der Waals surface area contributed by atoms with E-state index in [0.717, 1.165) is 16.5 Å². The molecule has 0 amide bonds. The summed E-state index contributed by atoms with van der Waals surface area (Å²) in [5.74, 6) is 0. The summed E-state index contributed by atoms with van der Waals surface area (Å²) in [5.41, 5.74) is 0.915. The molecule has 0 spiro atoms. The van der Waals surface area contributed by atoms with Crippen LogP contribution in [0.5, 0.6) is 0 Å². The zero-order chi connectivity index (χ0) is 13.3. The summed E-state index contributed by atoms with van der Waals surface area (Å²) in [7, 11) is -1.77. The van der Waals surface area contributed by atoms with Crippen LogP contribution in [0.4, 0.5) is 0 Å².